The number of carbonyl (C=O) groups excluding carboxylic acids is 2. The number of carboxylic acid groups (broad SMARTS) is 1. The number of hydrogen-bond donors (Lipinski definition) is 2. The van der Waals surface area contributed by atoms with Gasteiger partial charge in [0.1, 0.15) is 24.9 Å². The number of fused-ring (bicyclic) bond motifs is 3. The van der Waals surface area contributed by atoms with Crippen LogP contribution in [0.1, 0.15) is 30.4 Å². The molecule has 1 aliphatic heterocycles. The third kappa shape index (κ3) is 4.75. The number of benzene rings is 2. The molecule has 2 aromatic rings. The van der Waals surface area contributed by atoms with E-state index in [0.717, 1.165) is 22.3 Å². The SMILES string of the molecule is C#CCC(NC(=O)OCC1c2ccccc2-c2ccccc21)C(=O)N1CC(C)(OCC(=O)O)C1. The maximum absolute atomic E-state index is 12.9. The molecule has 1 heterocycles. The molecule has 176 valence electrons. The minimum Gasteiger partial charge on any atom is -0.480 e. The van der Waals surface area contributed by atoms with Gasteiger partial charge in [0.2, 0.25) is 5.91 Å². The zero-order chi connectivity index (χ0) is 24.3. The minimum absolute atomic E-state index is 0.00618. The van der Waals surface area contributed by atoms with Gasteiger partial charge in [0, 0.05) is 12.3 Å². The molecule has 1 saturated heterocycles. The number of rotatable bonds is 8. The van der Waals surface area contributed by atoms with Gasteiger partial charge in [0.05, 0.1) is 13.1 Å². The monoisotopic (exact) mass is 462 g/mol. The molecule has 0 aromatic heterocycles. The summed E-state index contributed by atoms with van der Waals surface area (Å²) in [6, 6.07) is 15.1. The lowest BCUT2D eigenvalue weighted by Gasteiger charge is -2.48. The number of alkyl carbamates (subject to hydrolysis) is 1. The summed E-state index contributed by atoms with van der Waals surface area (Å²) < 4.78 is 10.9. The molecule has 4 rings (SSSR count). The molecule has 0 spiro atoms. The van der Waals surface area contributed by atoms with E-state index in [2.05, 4.69) is 23.4 Å². The van der Waals surface area contributed by atoms with E-state index < -0.39 is 30.3 Å². The normalized spacial score (nSPS) is 16.4. The lowest BCUT2D eigenvalue weighted by atomic mass is 9.95. The van der Waals surface area contributed by atoms with E-state index in [1.54, 1.807) is 6.92 Å². The standard InChI is InChI=1S/C26H26N2O6/c1-3-8-22(24(31)28-15-26(2,16-28)34-14-23(29)30)27-25(32)33-13-21-19-11-6-4-9-17(19)18-10-5-7-12-20(18)21/h1,4-7,9-12,21-22H,8,13-16H2,2H3,(H,27,32)(H,29,30). The molecule has 1 atom stereocenters. The van der Waals surface area contributed by atoms with Gasteiger partial charge >= 0.3 is 12.1 Å². The highest BCUT2D eigenvalue weighted by atomic mass is 16.5. The number of likely N-dealkylation sites (tertiary alicyclic amines) is 1. The number of carbonyl (C=O) groups is 3. The van der Waals surface area contributed by atoms with Crippen LogP contribution < -0.4 is 5.32 Å². The molecule has 0 radical (unpaired) electrons. The van der Waals surface area contributed by atoms with Crippen LogP contribution in [0.5, 0.6) is 0 Å². The van der Waals surface area contributed by atoms with Gasteiger partial charge in [-0.2, -0.15) is 0 Å². The van der Waals surface area contributed by atoms with Crippen molar-refractivity contribution in [3.05, 3.63) is 59.7 Å². The molecule has 1 aliphatic carbocycles. The molecule has 2 N–H and O–H groups in total. The van der Waals surface area contributed by atoms with Crippen LogP contribution in [0, 0.1) is 12.3 Å². The largest absolute Gasteiger partial charge is 0.480 e. The molecule has 2 aliphatic rings. The van der Waals surface area contributed by atoms with Crippen molar-refractivity contribution in [2.45, 2.75) is 30.9 Å². The van der Waals surface area contributed by atoms with Gasteiger partial charge in [0.25, 0.3) is 0 Å². The quantitative estimate of drug-likeness (QED) is 0.585. The first-order valence-electron chi connectivity index (χ1n) is 11.0. The number of carboxylic acids is 1. The first-order valence-corrected chi connectivity index (χ1v) is 11.0. The van der Waals surface area contributed by atoms with Crippen LogP contribution >= 0.6 is 0 Å². The van der Waals surface area contributed by atoms with E-state index in [-0.39, 0.29) is 37.9 Å². The number of ether oxygens (including phenoxy) is 2. The van der Waals surface area contributed by atoms with Crippen molar-refractivity contribution in [3.63, 3.8) is 0 Å². The zero-order valence-corrected chi connectivity index (χ0v) is 18.8. The number of amides is 2. The van der Waals surface area contributed by atoms with Gasteiger partial charge in [-0.1, -0.05) is 48.5 Å². The van der Waals surface area contributed by atoms with Gasteiger partial charge in [-0.15, -0.1) is 12.3 Å². The summed E-state index contributed by atoms with van der Waals surface area (Å²) in [6.45, 7) is 1.85. The average Bonchev–Trinajstić information content (AvgIpc) is 3.12. The Balaban J connectivity index is 1.35. The Hall–Kier alpha value is -3.83. The van der Waals surface area contributed by atoms with E-state index >= 15 is 0 Å². The summed E-state index contributed by atoms with van der Waals surface area (Å²) in [5, 5.41) is 11.4. The Morgan fingerprint density at radius 1 is 1.15 bits per heavy atom. The van der Waals surface area contributed by atoms with Crippen molar-refractivity contribution in [3.8, 4) is 23.5 Å². The average molecular weight is 463 g/mol. The summed E-state index contributed by atoms with van der Waals surface area (Å²) in [5.41, 5.74) is 3.69. The zero-order valence-electron chi connectivity index (χ0n) is 18.8. The van der Waals surface area contributed by atoms with Crippen molar-refractivity contribution in [2.24, 2.45) is 0 Å². The van der Waals surface area contributed by atoms with Gasteiger partial charge in [-0.25, -0.2) is 9.59 Å². The maximum Gasteiger partial charge on any atom is 0.407 e. The van der Waals surface area contributed by atoms with Crippen molar-refractivity contribution in [2.75, 3.05) is 26.3 Å². The van der Waals surface area contributed by atoms with Crippen molar-refractivity contribution in [1.29, 1.82) is 0 Å². The van der Waals surface area contributed by atoms with Crippen LogP contribution in [-0.2, 0) is 19.1 Å². The van der Waals surface area contributed by atoms with Crippen LogP contribution in [0.2, 0.25) is 0 Å². The number of hydrogen-bond acceptors (Lipinski definition) is 5. The number of aliphatic carboxylic acids is 1. The van der Waals surface area contributed by atoms with Gasteiger partial charge in [-0.05, 0) is 29.2 Å². The molecule has 8 nitrogen and oxygen atoms in total. The second-order valence-corrected chi connectivity index (χ2v) is 8.76. The molecule has 0 bridgehead atoms. The third-order valence-electron chi connectivity index (χ3n) is 6.16. The van der Waals surface area contributed by atoms with Gasteiger partial charge in [0.15, 0.2) is 0 Å². The predicted octanol–water partition coefficient (Wildman–Crippen LogP) is 2.62. The fourth-order valence-electron chi connectivity index (χ4n) is 4.56. The first-order chi connectivity index (χ1) is 16.3. The molecule has 2 amide bonds. The molecule has 34 heavy (non-hydrogen) atoms. The molecule has 2 aromatic carbocycles. The van der Waals surface area contributed by atoms with E-state index in [4.69, 9.17) is 21.0 Å². The maximum atomic E-state index is 12.9. The van der Waals surface area contributed by atoms with E-state index in [1.807, 2.05) is 36.4 Å². The molecule has 8 heteroatoms. The summed E-state index contributed by atoms with van der Waals surface area (Å²) >= 11 is 0. The minimum atomic E-state index is -1.08. The van der Waals surface area contributed by atoms with Crippen molar-refractivity contribution < 1.29 is 29.0 Å². The Labute approximate surface area is 197 Å². The molecule has 1 unspecified atom stereocenters. The van der Waals surface area contributed by atoms with Crippen LogP contribution in [0.25, 0.3) is 11.1 Å². The van der Waals surface area contributed by atoms with Crippen LogP contribution in [0.15, 0.2) is 48.5 Å². The van der Waals surface area contributed by atoms with Crippen molar-refractivity contribution >= 4 is 18.0 Å². The fourth-order valence-corrected chi connectivity index (χ4v) is 4.56. The van der Waals surface area contributed by atoms with Gasteiger partial charge < -0.3 is 24.8 Å². The Kier molecular flexibility index (Phi) is 6.57. The fraction of sp³-hybridized carbons (Fsp3) is 0.346. The summed E-state index contributed by atoms with van der Waals surface area (Å²) in [4.78, 5) is 37.6. The van der Waals surface area contributed by atoms with Crippen LogP contribution in [0.3, 0.4) is 0 Å². The lowest BCUT2D eigenvalue weighted by Crippen LogP contribution is -2.66. The molecule has 1 fully saturated rings. The van der Waals surface area contributed by atoms with Crippen LogP contribution in [-0.4, -0.2) is 65.9 Å². The van der Waals surface area contributed by atoms with E-state index in [0.29, 0.717) is 0 Å². The van der Waals surface area contributed by atoms with Gasteiger partial charge in [-0.3, -0.25) is 4.79 Å². The highest BCUT2D eigenvalue weighted by molar-refractivity contribution is 5.87. The molecular weight excluding hydrogens is 436 g/mol. The number of nitrogens with zero attached hydrogens (tertiary/aromatic N) is 1. The second kappa shape index (κ2) is 9.57. The number of terminal acetylenes is 1. The first kappa shape index (κ1) is 23.3. The summed E-state index contributed by atoms with van der Waals surface area (Å²) in [5.74, 6) is 0.885. The summed E-state index contributed by atoms with van der Waals surface area (Å²) in [6.07, 6.45) is 4.70. The van der Waals surface area contributed by atoms with E-state index in [9.17, 15) is 14.4 Å². The highest BCUT2D eigenvalue weighted by Gasteiger charge is 2.44. The topological polar surface area (TPSA) is 105 Å². The Morgan fingerprint density at radius 3 is 2.29 bits per heavy atom. The summed E-state index contributed by atoms with van der Waals surface area (Å²) in [7, 11) is 0. The van der Waals surface area contributed by atoms with Crippen molar-refractivity contribution in [1.82, 2.24) is 10.2 Å². The number of nitrogens with one attached hydrogen (secondary N) is 1. The Bertz CT molecular complexity index is 1100. The lowest BCUT2D eigenvalue weighted by molar-refractivity contribution is -0.174. The molecular formula is C26H26N2O6. The third-order valence-corrected chi connectivity index (χ3v) is 6.16. The molecule has 0 saturated carbocycles. The predicted molar refractivity (Wildman–Crippen MR) is 124 cm³/mol. The van der Waals surface area contributed by atoms with Crippen LogP contribution in [0.4, 0.5) is 4.79 Å². The van der Waals surface area contributed by atoms with E-state index in [1.165, 1.54) is 4.90 Å². The Morgan fingerprint density at radius 2 is 1.74 bits per heavy atom. The smallest absolute Gasteiger partial charge is 0.407 e. The second-order valence-electron chi connectivity index (χ2n) is 8.76. The highest BCUT2D eigenvalue weighted by Crippen LogP contribution is 2.44.